The lowest BCUT2D eigenvalue weighted by Gasteiger charge is -2.34. The van der Waals surface area contributed by atoms with Crippen LogP contribution >= 0.6 is 0 Å². The van der Waals surface area contributed by atoms with Gasteiger partial charge in [-0.05, 0) is 25.2 Å². The second kappa shape index (κ2) is 2.12. The third kappa shape index (κ3) is 1.08. The zero-order chi connectivity index (χ0) is 7.90. The third-order valence-electron chi connectivity index (χ3n) is 2.87. The van der Waals surface area contributed by atoms with E-state index in [2.05, 4.69) is 6.19 Å². The first-order valence-corrected chi connectivity index (χ1v) is 4.15. The maximum absolute atomic E-state index is 8.69. The number of nitrogens with two attached hydrogens (primary N) is 1. The standard InChI is InChI=1S/C8H13N3/c9-6-11-4-7-1-2-8(10,3-7)5-11/h7H,1-5,10H2. The van der Waals surface area contributed by atoms with Crippen molar-refractivity contribution in [3.05, 3.63) is 0 Å². The summed E-state index contributed by atoms with van der Waals surface area (Å²) >= 11 is 0. The normalized spacial score (nSPS) is 42.2. The molecule has 3 heteroatoms. The predicted octanol–water partition coefficient (Wildman–Crippen LogP) is 0.281. The van der Waals surface area contributed by atoms with Gasteiger partial charge in [0.15, 0.2) is 6.19 Å². The molecule has 0 amide bonds. The smallest absolute Gasteiger partial charge is 0.179 e. The quantitative estimate of drug-likeness (QED) is 0.506. The summed E-state index contributed by atoms with van der Waals surface area (Å²) < 4.78 is 0. The van der Waals surface area contributed by atoms with Crippen LogP contribution in [0, 0.1) is 17.4 Å². The highest BCUT2D eigenvalue weighted by atomic mass is 15.2. The Labute approximate surface area is 66.8 Å². The van der Waals surface area contributed by atoms with Crippen LogP contribution in [0.15, 0.2) is 0 Å². The van der Waals surface area contributed by atoms with Crippen molar-refractivity contribution in [3.63, 3.8) is 0 Å². The first-order valence-electron chi connectivity index (χ1n) is 4.15. The molecule has 1 aliphatic carbocycles. The molecule has 1 heterocycles. The second-order valence-corrected chi connectivity index (χ2v) is 3.95. The number of piperidine rings is 1. The summed E-state index contributed by atoms with van der Waals surface area (Å²) in [5.74, 6) is 0.688. The van der Waals surface area contributed by atoms with Crippen LogP contribution in [0.1, 0.15) is 19.3 Å². The predicted molar refractivity (Wildman–Crippen MR) is 41.4 cm³/mol. The number of likely N-dealkylation sites (tertiary alicyclic amines) is 1. The molecule has 0 spiro atoms. The summed E-state index contributed by atoms with van der Waals surface area (Å²) in [6, 6.07) is 0. The molecule has 0 radical (unpaired) electrons. The van der Waals surface area contributed by atoms with E-state index in [4.69, 9.17) is 11.0 Å². The lowest BCUT2D eigenvalue weighted by atomic mass is 9.93. The minimum absolute atomic E-state index is 0.0291. The zero-order valence-electron chi connectivity index (χ0n) is 6.58. The van der Waals surface area contributed by atoms with Gasteiger partial charge in [-0.25, -0.2) is 0 Å². The van der Waals surface area contributed by atoms with Gasteiger partial charge < -0.3 is 10.6 Å². The maximum Gasteiger partial charge on any atom is 0.179 e. The average Bonchev–Trinajstić information content (AvgIpc) is 2.25. The third-order valence-corrected chi connectivity index (χ3v) is 2.87. The van der Waals surface area contributed by atoms with Crippen LogP contribution in [0.3, 0.4) is 0 Å². The molecule has 11 heavy (non-hydrogen) atoms. The summed E-state index contributed by atoms with van der Waals surface area (Å²) in [5, 5.41) is 8.69. The summed E-state index contributed by atoms with van der Waals surface area (Å²) in [6.45, 7) is 1.72. The second-order valence-electron chi connectivity index (χ2n) is 3.95. The van der Waals surface area contributed by atoms with Crippen molar-refractivity contribution in [1.29, 1.82) is 5.26 Å². The first kappa shape index (κ1) is 6.93. The highest BCUT2D eigenvalue weighted by Gasteiger charge is 2.41. The van der Waals surface area contributed by atoms with Gasteiger partial charge in [0.2, 0.25) is 0 Å². The van der Waals surface area contributed by atoms with Gasteiger partial charge in [0.05, 0.1) is 0 Å². The van der Waals surface area contributed by atoms with E-state index in [0.29, 0.717) is 5.92 Å². The van der Waals surface area contributed by atoms with Crippen LogP contribution in [0.5, 0.6) is 0 Å². The van der Waals surface area contributed by atoms with Crippen molar-refractivity contribution in [2.45, 2.75) is 24.8 Å². The Morgan fingerprint density at radius 1 is 1.64 bits per heavy atom. The van der Waals surface area contributed by atoms with Gasteiger partial charge >= 0.3 is 0 Å². The van der Waals surface area contributed by atoms with Crippen molar-refractivity contribution in [1.82, 2.24) is 4.90 Å². The van der Waals surface area contributed by atoms with E-state index < -0.39 is 0 Å². The molecule has 1 saturated carbocycles. The molecular weight excluding hydrogens is 138 g/mol. The number of hydrogen-bond donors (Lipinski definition) is 1. The van der Waals surface area contributed by atoms with E-state index in [9.17, 15) is 0 Å². The number of fused-ring (bicyclic) bond motifs is 2. The van der Waals surface area contributed by atoms with Gasteiger partial charge in [-0.3, -0.25) is 0 Å². The monoisotopic (exact) mass is 151 g/mol. The van der Waals surface area contributed by atoms with E-state index >= 15 is 0 Å². The van der Waals surface area contributed by atoms with Gasteiger partial charge in [0.25, 0.3) is 0 Å². The molecule has 2 rings (SSSR count). The van der Waals surface area contributed by atoms with Gasteiger partial charge in [-0.1, -0.05) is 0 Å². The Kier molecular flexibility index (Phi) is 1.33. The number of nitrogens with zero attached hydrogens (tertiary/aromatic N) is 2. The van der Waals surface area contributed by atoms with Gasteiger partial charge in [0.1, 0.15) is 0 Å². The van der Waals surface area contributed by atoms with Gasteiger partial charge in [-0.15, -0.1) is 0 Å². The Morgan fingerprint density at radius 2 is 2.45 bits per heavy atom. The fraction of sp³-hybridized carbons (Fsp3) is 0.875. The van der Waals surface area contributed by atoms with E-state index in [1.165, 1.54) is 6.42 Å². The largest absolute Gasteiger partial charge is 0.324 e. The topological polar surface area (TPSA) is 53.0 Å². The number of nitriles is 1. The Hall–Kier alpha value is -0.750. The number of rotatable bonds is 0. The SMILES string of the molecule is N#CN1CC2CCC(N)(C2)C1. The molecule has 0 aromatic carbocycles. The Balaban J connectivity index is 2.13. The highest BCUT2D eigenvalue weighted by Crippen LogP contribution is 2.37. The summed E-state index contributed by atoms with van der Waals surface area (Å²) in [7, 11) is 0. The van der Waals surface area contributed by atoms with E-state index in [1.54, 1.807) is 4.90 Å². The molecule has 2 aliphatic rings. The van der Waals surface area contributed by atoms with Crippen molar-refractivity contribution >= 4 is 0 Å². The minimum atomic E-state index is -0.0291. The molecule has 1 aliphatic heterocycles. The van der Waals surface area contributed by atoms with Gasteiger partial charge in [-0.2, -0.15) is 5.26 Å². The Morgan fingerprint density at radius 3 is 3.09 bits per heavy atom. The lowest BCUT2D eigenvalue weighted by Crippen LogP contribution is -2.51. The molecule has 3 nitrogen and oxygen atoms in total. The number of hydrogen-bond acceptors (Lipinski definition) is 3. The first-order chi connectivity index (χ1) is 5.22. The van der Waals surface area contributed by atoms with Crippen molar-refractivity contribution in [3.8, 4) is 6.19 Å². The van der Waals surface area contributed by atoms with Crippen LogP contribution in [-0.4, -0.2) is 23.5 Å². The van der Waals surface area contributed by atoms with Crippen LogP contribution in [-0.2, 0) is 0 Å². The van der Waals surface area contributed by atoms with Crippen LogP contribution in [0.4, 0.5) is 0 Å². The van der Waals surface area contributed by atoms with E-state index in [-0.39, 0.29) is 5.54 Å². The summed E-state index contributed by atoms with van der Waals surface area (Å²) in [5.41, 5.74) is 6.04. The molecule has 60 valence electrons. The molecule has 0 aromatic heterocycles. The fourth-order valence-electron chi connectivity index (χ4n) is 2.40. The van der Waals surface area contributed by atoms with Crippen molar-refractivity contribution in [2.75, 3.05) is 13.1 Å². The molecular formula is C8H13N3. The Bertz CT molecular complexity index is 208. The molecule has 2 fully saturated rings. The minimum Gasteiger partial charge on any atom is -0.324 e. The highest BCUT2D eigenvalue weighted by molar-refractivity contribution is 5.03. The molecule has 2 atom stereocenters. The maximum atomic E-state index is 8.69. The van der Waals surface area contributed by atoms with Crippen LogP contribution in [0.2, 0.25) is 0 Å². The van der Waals surface area contributed by atoms with Crippen LogP contribution in [0.25, 0.3) is 0 Å². The fourth-order valence-corrected chi connectivity index (χ4v) is 2.40. The molecule has 1 saturated heterocycles. The van der Waals surface area contributed by atoms with E-state index in [0.717, 1.165) is 25.9 Å². The summed E-state index contributed by atoms with van der Waals surface area (Å²) in [6.07, 6.45) is 5.64. The average molecular weight is 151 g/mol. The summed E-state index contributed by atoms with van der Waals surface area (Å²) in [4.78, 5) is 1.81. The van der Waals surface area contributed by atoms with Gasteiger partial charge in [0, 0.05) is 18.6 Å². The molecule has 2 N–H and O–H groups in total. The van der Waals surface area contributed by atoms with Crippen molar-refractivity contribution in [2.24, 2.45) is 11.7 Å². The molecule has 0 aromatic rings. The van der Waals surface area contributed by atoms with Crippen LogP contribution < -0.4 is 5.73 Å². The van der Waals surface area contributed by atoms with E-state index in [1.807, 2.05) is 0 Å². The van der Waals surface area contributed by atoms with Crippen molar-refractivity contribution < 1.29 is 0 Å². The lowest BCUT2D eigenvalue weighted by molar-refractivity contribution is 0.209. The molecule has 2 unspecified atom stereocenters. The molecule has 2 bridgehead atoms. The zero-order valence-corrected chi connectivity index (χ0v) is 6.58.